The molecule has 0 bridgehead atoms. The molecule has 0 saturated heterocycles. The van der Waals surface area contributed by atoms with Crippen LogP contribution in [0.4, 0.5) is 0 Å². The summed E-state index contributed by atoms with van der Waals surface area (Å²) in [4.78, 5) is 23.5. The highest BCUT2D eigenvalue weighted by atomic mass is 16.5. The van der Waals surface area contributed by atoms with Gasteiger partial charge in [0.05, 0.1) is 26.0 Å². The number of carboxylic acids is 1. The predicted octanol–water partition coefficient (Wildman–Crippen LogP) is 2.88. The Morgan fingerprint density at radius 3 is 2.42 bits per heavy atom. The Morgan fingerprint density at radius 1 is 1.12 bits per heavy atom. The van der Waals surface area contributed by atoms with Gasteiger partial charge in [-0.2, -0.15) is 0 Å². The van der Waals surface area contributed by atoms with Crippen molar-refractivity contribution in [2.45, 2.75) is 25.8 Å². The van der Waals surface area contributed by atoms with Crippen LogP contribution >= 0.6 is 0 Å². The molecule has 1 amide bonds. The zero-order valence-corrected chi connectivity index (χ0v) is 13.8. The van der Waals surface area contributed by atoms with Crippen molar-refractivity contribution in [3.8, 4) is 5.75 Å². The van der Waals surface area contributed by atoms with Crippen LogP contribution in [0.5, 0.6) is 5.75 Å². The molecule has 2 aromatic carbocycles. The van der Waals surface area contributed by atoms with Crippen LogP contribution < -0.4 is 10.1 Å². The van der Waals surface area contributed by atoms with E-state index >= 15 is 0 Å². The second-order valence-electron chi connectivity index (χ2n) is 5.62. The Labute approximate surface area is 141 Å². The first-order chi connectivity index (χ1) is 11.5. The summed E-state index contributed by atoms with van der Waals surface area (Å²) >= 11 is 0. The summed E-state index contributed by atoms with van der Waals surface area (Å²) in [6.45, 7) is 1.95. The van der Waals surface area contributed by atoms with Crippen LogP contribution in [0.1, 0.15) is 29.2 Å². The first kappa shape index (κ1) is 17.5. The molecule has 0 saturated carbocycles. The molecule has 1 atom stereocenters. The van der Waals surface area contributed by atoms with Crippen LogP contribution in [0, 0.1) is 6.92 Å². The molecule has 0 fully saturated rings. The van der Waals surface area contributed by atoms with Gasteiger partial charge in [0.25, 0.3) is 0 Å². The van der Waals surface area contributed by atoms with Gasteiger partial charge >= 0.3 is 5.97 Å². The Balaban J connectivity index is 2.12. The molecular formula is C19H21NO4. The van der Waals surface area contributed by atoms with E-state index < -0.39 is 12.0 Å². The quantitative estimate of drug-likeness (QED) is 0.820. The van der Waals surface area contributed by atoms with Crippen molar-refractivity contribution in [2.75, 3.05) is 7.11 Å². The number of aryl methyl sites for hydroxylation is 1. The molecule has 2 rings (SSSR count). The van der Waals surface area contributed by atoms with Crippen LogP contribution in [0.25, 0.3) is 0 Å². The molecule has 0 spiro atoms. The maximum atomic E-state index is 12.4. The van der Waals surface area contributed by atoms with E-state index in [4.69, 9.17) is 9.84 Å². The van der Waals surface area contributed by atoms with Gasteiger partial charge in [-0.15, -0.1) is 0 Å². The zero-order chi connectivity index (χ0) is 17.5. The number of carbonyl (C=O) groups excluding carboxylic acids is 1. The lowest BCUT2D eigenvalue weighted by Crippen LogP contribution is -2.31. The summed E-state index contributed by atoms with van der Waals surface area (Å²) in [6, 6.07) is 14.2. The fourth-order valence-corrected chi connectivity index (χ4v) is 2.49. The van der Waals surface area contributed by atoms with Crippen molar-refractivity contribution in [1.29, 1.82) is 0 Å². The van der Waals surface area contributed by atoms with Crippen molar-refractivity contribution in [3.05, 3.63) is 65.2 Å². The van der Waals surface area contributed by atoms with E-state index in [0.29, 0.717) is 5.75 Å². The summed E-state index contributed by atoms with van der Waals surface area (Å²) < 4.78 is 5.24. The number of benzene rings is 2. The van der Waals surface area contributed by atoms with Crippen molar-refractivity contribution >= 4 is 11.9 Å². The van der Waals surface area contributed by atoms with Gasteiger partial charge in [-0.05, 0) is 18.6 Å². The maximum Gasteiger partial charge on any atom is 0.305 e. The molecule has 0 aromatic heterocycles. The van der Waals surface area contributed by atoms with Gasteiger partial charge in [-0.3, -0.25) is 9.59 Å². The summed E-state index contributed by atoms with van der Waals surface area (Å²) in [6.07, 6.45) is -0.0350. The van der Waals surface area contributed by atoms with Crippen LogP contribution in [-0.2, 0) is 16.0 Å². The SMILES string of the molecule is COc1ccccc1CC(=O)N[C@H](CC(=O)O)c1ccc(C)cc1. The number of methoxy groups -OCH3 is 1. The number of ether oxygens (including phenoxy) is 1. The molecule has 2 aromatic rings. The molecular weight excluding hydrogens is 306 g/mol. The van der Waals surface area contributed by atoms with Crippen molar-refractivity contribution in [3.63, 3.8) is 0 Å². The third kappa shape index (κ3) is 4.84. The molecule has 126 valence electrons. The number of carboxylic acid groups (broad SMARTS) is 1. The highest BCUT2D eigenvalue weighted by Crippen LogP contribution is 2.20. The van der Waals surface area contributed by atoms with E-state index in [1.54, 1.807) is 13.2 Å². The highest BCUT2D eigenvalue weighted by Gasteiger charge is 2.19. The lowest BCUT2D eigenvalue weighted by atomic mass is 10.0. The average molecular weight is 327 g/mol. The van der Waals surface area contributed by atoms with Crippen LogP contribution in [0.3, 0.4) is 0 Å². The Morgan fingerprint density at radius 2 is 1.79 bits per heavy atom. The Kier molecular flexibility index (Phi) is 5.95. The van der Waals surface area contributed by atoms with Crippen LogP contribution in [-0.4, -0.2) is 24.1 Å². The Bertz CT molecular complexity index is 710. The van der Waals surface area contributed by atoms with E-state index in [1.165, 1.54) is 0 Å². The monoisotopic (exact) mass is 327 g/mol. The van der Waals surface area contributed by atoms with Crippen LogP contribution in [0.15, 0.2) is 48.5 Å². The molecule has 5 nitrogen and oxygen atoms in total. The van der Waals surface area contributed by atoms with Gasteiger partial charge in [0.15, 0.2) is 0 Å². The average Bonchev–Trinajstić information content (AvgIpc) is 2.55. The molecule has 2 N–H and O–H groups in total. The third-order valence-corrected chi connectivity index (χ3v) is 3.74. The standard InChI is InChI=1S/C19H21NO4/c1-13-7-9-14(10-8-13)16(12-19(22)23)20-18(21)11-15-5-3-4-6-17(15)24-2/h3-10,16H,11-12H2,1-2H3,(H,20,21)(H,22,23)/t16-/m1/s1. The van der Waals surface area contributed by atoms with Gasteiger partial charge in [0, 0.05) is 5.56 Å². The van der Waals surface area contributed by atoms with E-state index in [-0.39, 0.29) is 18.7 Å². The minimum absolute atomic E-state index is 0.131. The third-order valence-electron chi connectivity index (χ3n) is 3.74. The van der Waals surface area contributed by atoms with E-state index in [0.717, 1.165) is 16.7 Å². The van der Waals surface area contributed by atoms with E-state index in [2.05, 4.69) is 5.32 Å². The van der Waals surface area contributed by atoms with Gasteiger partial charge in [-0.25, -0.2) is 0 Å². The maximum absolute atomic E-state index is 12.4. The second kappa shape index (κ2) is 8.15. The number of para-hydroxylation sites is 1. The summed E-state index contributed by atoms with van der Waals surface area (Å²) in [5.74, 6) is -0.567. The second-order valence-corrected chi connectivity index (χ2v) is 5.62. The predicted molar refractivity (Wildman–Crippen MR) is 91.0 cm³/mol. The van der Waals surface area contributed by atoms with Crippen molar-refractivity contribution < 1.29 is 19.4 Å². The molecule has 24 heavy (non-hydrogen) atoms. The van der Waals surface area contributed by atoms with Gasteiger partial charge in [0.1, 0.15) is 5.75 Å². The Hall–Kier alpha value is -2.82. The zero-order valence-electron chi connectivity index (χ0n) is 13.8. The fraction of sp³-hybridized carbons (Fsp3) is 0.263. The van der Waals surface area contributed by atoms with Crippen molar-refractivity contribution in [1.82, 2.24) is 5.32 Å². The summed E-state index contributed by atoms with van der Waals surface area (Å²) in [5.41, 5.74) is 2.61. The minimum Gasteiger partial charge on any atom is -0.496 e. The number of hydrogen-bond donors (Lipinski definition) is 2. The lowest BCUT2D eigenvalue weighted by molar-refractivity contribution is -0.137. The fourth-order valence-electron chi connectivity index (χ4n) is 2.49. The number of aliphatic carboxylic acids is 1. The summed E-state index contributed by atoms with van der Waals surface area (Å²) in [7, 11) is 1.55. The van der Waals surface area contributed by atoms with Gasteiger partial charge in [-0.1, -0.05) is 48.0 Å². The number of amides is 1. The normalized spacial score (nSPS) is 11.6. The smallest absolute Gasteiger partial charge is 0.305 e. The molecule has 0 aliphatic carbocycles. The van der Waals surface area contributed by atoms with Crippen LogP contribution in [0.2, 0.25) is 0 Å². The topological polar surface area (TPSA) is 75.6 Å². The number of carbonyl (C=O) groups is 2. The summed E-state index contributed by atoms with van der Waals surface area (Å²) in [5, 5.41) is 11.9. The number of nitrogens with one attached hydrogen (secondary N) is 1. The first-order valence-corrected chi connectivity index (χ1v) is 7.69. The van der Waals surface area contributed by atoms with Crippen molar-refractivity contribution in [2.24, 2.45) is 0 Å². The molecule has 0 unspecified atom stereocenters. The molecule has 0 aliphatic heterocycles. The first-order valence-electron chi connectivity index (χ1n) is 7.69. The number of rotatable bonds is 7. The highest BCUT2D eigenvalue weighted by molar-refractivity contribution is 5.80. The van der Waals surface area contributed by atoms with Gasteiger partial charge in [0.2, 0.25) is 5.91 Å². The van der Waals surface area contributed by atoms with E-state index in [1.807, 2.05) is 49.4 Å². The molecule has 0 radical (unpaired) electrons. The lowest BCUT2D eigenvalue weighted by Gasteiger charge is -2.18. The minimum atomic E-state index is -0.960. The largest absolute Gasteiger partial charge is 0.496 e. The van der Waals surface area contributed by atoms with Gasteiger partial charge < -0.3 is 15.2 Å². The molecule has 5 heteroatoms. The molecule has 0 aliphatic rings. The number of hydrogen-bond acceptors (Lipinski definition) is 3. The molecule has 0 heterocycles. The van der Waals surface area contributed by atoms with E-state index in [9.17, 15) is 9.59 Å².